The van der Waals surface area contributed by atoms with Crippen LogP contribution in [0.15, 0.2) is 59.5 Å². The Morgan fingerprint density at radius 2 is 1.76 bits per heavy atom. The van der Waals surface area contributed by atoms with Crippen LogP contribution in [0.2, 0.25) is 0 Å². The van der Waals surface area contributed by atoms with Gasteiger partial charge in [0.25, 0.3) is 0 Å². The quantitative estimate of drug-likeness (QED) is 0.913. The molecule has 25 heavy (non-hydrogen) atoms. The molecule has 1 aliphatic heterocycles. The topological polar surface area (TPSA) is 66.5 Å². The number of nitrogens with one attached hydrogen (secondary N) is 1. The lowest BCUT2D eigenvalue weighted by Crippen LogP contribution is -2.43. The van der Waals surface area contributed by atoms with Crippen LogP contribution in [0.1, 0.15) is 18.4 Å². The number of piperidine rings is 1. The number of amides is 1. The summed E-state index contributed by atoms with van der Waals surface area (Å²) in [5.74, 6) is -0.468. The Morgan fingerprint density at radius 3 is 2.44 bits per heavy atom. The predicted molar refractivity (Wildman–Crippen MR) is 97.7 cm³/mol. The van der Waals surface area contributed by atoms with Crippen molar-refractivity contribution in [2.24, 2.45) is 5.92 Å². The van der Waals surface area contributed by atoms with E-state index in [0.717, 1.165) is 11.3 Å². The van der Waals surface area contributed by atoms with Gasteiger partial charge in [-0.05, 0) is 44.0 Å². The molecule has 0 bridgehead atoms. The van der Waals surface area contributed by atoms with Crippen molar-refractivity contribution >= 4 is 21.6 Å². The van der Waals surface area contributed by atoms with Crippen LogP contribution < -0.4 is 5.32 Å². The molecule has 1 fully saturated rings. The standard InChI is InChI=1S/C19H22N2O3S/c1-15-9-11-18(12-10-15)25(23,24)21-13-5-6-16(14-21)19(22)20-17-7-3-2-4-8-17/h2-4,7-12,16H,5-6,13-14H2,1H3,(H,20,22)/t16-/m0/s1. The molecule has 0 aromatic heterocycles. The van der Waals surface area contributed by atoms with Crippen LogP contribution in [0.3, 0.4) is 0 Å². The molecular formula is C19H22N2O3S. The summed E-state index contributed by atoms with van der Waals surface area (Å²) in [6.45, 7) is 2.58. The van der Waals surface area contributed by atoms with Gasteiger partial charge in [0, 0.05) is 18.8 Å². The number of para-hydroxylation sites is 1. The minimum atomic E-state index is -3.56. The second kappa shape index (κ2) is 7.37. The van der Waals surface area contributed by atoms with Crippen molar-refractivity contribution in [1.82, 2.24) is 4.31 Å². The number of hydrogen-bond donors (Lipinski definition) is 1. The summed E-state index contributed by atoms with van der Waals surface area (Å²) in [4.78, 5) is 12.8. The molecule has 0 aliphatic carbocycles. The normalized spacial score (nSPS) is 18.7. The monoisotopic (exact) mass is 358 g/mol. The first kappa shape index (κ1) is 17.6. The number of aryl methyl sites for hydroxylation is 1. The lowest BCUT2D eigenvalue weighted by Gasteiger charge is -2.31. The summed E-state index contributed by atoms with van der Waals surface area (Å²) in [5, 5.41) is 2.87. The molecule has 3 rings (SSSR count). The molecule has 0 saturated carbocycles. The van der Waals surface area contributed by atoms with Gasteiger partial charge in [-0.3, -0.25) is 4.79 Å². The highest BCUT2D eigenvalue weighted by molar-refractivity contribution is 7.89. The summed E-state index contributed by atoms with van der Waals surface area (Å²) in [6.07, 6.45) is 1.37. The number of anilines is 1. The molecule has 132 valence electrons. The zero-order valence-corrected chi connectivity index (χ0v) is 15.0. The van der Waals surface area contributed by atoms with E-state index in [2.05, 4.69) is 5.32 Å². The first-order chi connectivity index (χ1) is 12.0. The van der Waals surface area contributed by atoms with Gasteiger partial charge in [-0.25, -0.2) is 8.42 Å². The molecule has 2 aromatic carbocycles. The van der Waals surface area contributed by atoms with E-state index in [-0.39, 0.29) is 23.3 Å². The molecule has 2 aromatic rings. The fourth-order valence-corrected chi connectivity index (χ4v) is 4.52. The molecule has 1 aliphatic rings. The molecule has 6 heteroatoms. The van der Waals surface area contributed by atoms with Crippen molar-refractivity contribution in [3.8, 4) is 0 Å². The van der Waals surface area contributed by atoms with Crippen LogP contribution in [0.5, 0.6) is 0 Å². The van der Waals surface area contributed by atoms with Gasteiger partial charge in [0.1, 0.15) is 0 Å². The van der Waals surface area contributed by atoms with Crippen LogP contribution in [0.25, 0.3) is 0 Å². The van der Waals surface area contributed by atoms with Gasteiger partial charge in [-0.1, -0.05) is 35.9 Å². The molecule has 1 atom stereocenters. The maximum atomic E-state index is 12.8. The molecule has 5 nitrogen and oxygen atoms in total. The maximum Gasteiger partial charge on any atom is 0.243 e. The SMILES string of the molecule is Cc1ccc(S(=O)(=O)N2CCC[C@H](C(=O)Nc3ccccc3)C2)cc1. The highest BCUT2D eigenvalue weighted by Crippen LogP contribution is 2.25. The van der Waals surface area contributed by atoms with E-state index in [9.17, 15) is 13.2 Å². The van der Waals surface area contributed by atoms with Gasteiger partial charge >= 0.3 is 0 Å². The minimum Gasteiger partial charge on any atom is -0.326 e. The molecule has 1 saturated heterocycles. The second-order valence-electron chi connectivity index (χ2n) is 6.37. The first-order valence-electron chi connectivity index (χ1n) is 8.39. The Hall–Kier alpha value is -2.18. The zero-order chi connectivity index (χ0) is 17.9. The van der Waals surface area contributed by atoms with E-state index >= 15 is 0 Å². The molecule has 0 spiro atoms. The third-order valence-corrected chi connectivity index (χ3v) is 6.33. The molecular weight excluding hydrogens is 336 g/mol. The van der Waals surface area contributed by atoms with Crippen LogP contribution in [-0.4, -0.2) is 31.7 Å². The van der Waals surface area contributed by atoms with E-state index in [1.807, 2.05) is 37.3 Å². The summed E-state index contributed by atoms with van der Waals surface area (Å²) in [6, 6.07) is 16.0. The van der Waals surface area contributed by atoms with Gasteiger partial charge in [0.05, 0.1) is 10.8 Å². The van der Waals surface area contributed by atoms with E-state index in [1.165, 1.54) is 4.31 Å². The number of sulfonamides is 1. The minimum absolute atomic E-state index is 0.130. The summed E-state index contributed by atoms with van der Waals surface area (Å²) in [5.41, 5.74) is 1.74. The van der Waals surface area contributed by atoms with Crippen molar-refractivity contribution in [3.05, 3.63) is 60.2 Å². The van der Waals surface area contributed by atoms with Gasteiger partial charge < -0.3 is 5.32 Å². The highest BCUT2D eigenvalue weighted by atomic mass is 32.2. The molecule has 1 amide bonds. The Bertz CT molecular complexity index is 833. The maximum absolute atomic E-state index is 12.8. The van der Waals surface area contributed by atoms with E-state index in [0.29, 0.717) is 19.4 Å². The average molecular weight is 358 g/mol. The third-order valence-electron chi connectivity index (χ3n) is 4.45. The summed E-state index contributed by atoms with van der Waals surface area (Å²) < 4.78 is 27.1. The zero-order valence-electron chi connectivity index (χ0n) is 14.2. The van der Waals surface area contributed by atoms with Gasteiger partial charge in [0.2, 0.25) is 15.9 Å². The molecule has 1 N–H and O–H groups in total. The van der Waals surface area contributed by atoms with Crippen molar-refractivity contribution < 1.29 is 13.2 Å². The van der Waals surface area contributed by atoms with E-state index in [4.69, 9.17) is 0 Å². The van der Waals surface area contributed by atoms with E-state index < -0.39 is 10.0 Å². The number of rotatable bonds is 4. The van der Waals surface area contributed by atoms with Crippen molar-refractivity contribution in [2.45, 2.75) is 24.7 Å². The van der Waals surface area contributed by atoms with Crippen molar-refractivity contribution in [2.75, 3.05) is 18.4 Å². The Kier molecular flexibility index (Phi) is 5.20. The second-order valence-corrected chi connectivity index (χ2v) is 8.31. The molecule has 0 radical (unpaired) electrons. The summed E-state index contributed by atoms with van der Waals surface area (Å²) >= 11 is 0. The molecule has 0 unspecified atom stereocenters. The number of carbonyl (C=O) groups is 1. The van der Waals surface area contributed by atoms with E-state index in [1.54, 1.807) is 24.3 Å². The smallest absolute Gasteiger partial charge is 0.243 e. The summed E-state index contributed by atoms with van der Waals surface area (Å²) in [7, 11) is -3.56. The molecule has 1 heterocycles. The van der Waals surface area contributed by atoms with Gasteiger partial charge in [0.15, 0.2) is 0 Å². The number of nitrogens with zero attached hydrogens (tertiary/aromatic N) is 1. The Labute approximate surface area is 148 Å². The Balaban J connectivity index is 1.72. The first-order valence-corrected chi connectivity index (χ1v) is 9.83. The highest BCUT2D eigenvalue weighted by Gasteiger charge is 2.33. The predicted octanol–water partition coefficient (Wildman–Crippen LogP) is 3.03. The fourth-order valence-electron chi connectivity index (χ4n) is 3.00. The number of carbonyl (C=O) groups excluding carboxylic acids is 1. The Morgan fingerprint density at radius 1 is 1.08 bits per heavy atom. The van der Waals surface area contributed by atoms with Crippen LogP contribution in [0.4, 0.5) is 5.69 Å². The van der Waals surface area contributed by atoms with Crippen LogP contribution in [-0.2, 0) is 14.8 Å². The number of hydrogen-bond acceptors (Lipinski definition) is 3. The average Bonchev–Trinajstić information content (AvgIpc) is 2.63. The lowest BCUT2D eigenvalue weighted by atomic mass is 9.99. The van der Waals surface area contributed by atoms with Crippen LogP contribution in [0, 0.1) is 12.8 Å². The fraction of sp³-hybridized carbons (Fsp3) is 0.316. The van der Waals surface area contributed by atoms with Crippen LogP contribution >= 0.6 is 0 Å². The lowest BCUT2D eigenvalue weighted by molar-refractivity contribution is -0.120. The third kappa shape index (κ3) is 4.08. The van der Waals surface area contributed by atoms with Crippen molar-refractivity contribution in [3.63, 3.8) is 0 Å². The van der Waals surface area contributed by atoms with Gasteiger partial charge in [-0.2, -0.15) is 4.31 Å². The largest absolute Gasteiger partial charge is 0.326 e. The van der Waals surface area contributed by atoms with Gasteiger partial charge in [-0.15, -0.1) is 0 Å². The number of benzene rings is 2. The van der Waals surface area contributed by atoms with Crippen molar-refractivity contribution in [1.29, 1.82) is 0 Å².